The molecule has 0 amide bonds. The van der Waals surface area contributed by atoms with E-state index in [2.05, 4.69) is 15.9 Å². The van der Waals surface area contributed by atoms with Crippen LogP contribution in [0.25, 0.3) is 0 Å². The predicted molar refractivity (Wildman–Crippen MR) is 68.1 cm³/mol. The molecule has 18 heavy (non-hydrogen) atoms. The van der Waals surface area contributed by atoms with Crippen molar-refractivity contribution in [2.45, 2.75) is 19.3 Å². The third kappa shape index (κ3) is 3.65. The minimum absolute atomic E-state index is 0.0283. The quantitative estimate of drug-likeness (QED) is 0.828. The van der Waals surface area contributed by atoms with Crippen LogP contribution in [0.3, 0.4) is 0 Å². The second kappa shape index (κ2) is 6.48. The fraction of sp³-hybridized carbons (Fsp3) is 0.538. The number of alkyl halides is 2. The summed E-state index contributed by atoms with van der Waals surface area (Å²) in [4.78, 5) is 0. The lowest BCUT2D eigenvalue weighted by atomic mass is 10.0. The van der Waals surface area contributed by atoms with Crippen molar-refractivity contribution in [1.82, 2.24) is 0 Å². The Balaban J connectivity index is 1.94. The van der Waals surface area contributed by atoms with Crippen LogP contribution in [-0.4, -0.2) is 19.8 Å². The average molecular weight is 321 g/mol. The summed E-state index contributed by atoms with van der Waals surface area (Å²) in [5.74, 6) is 0.956. The molecule has 0 atom stereocenters. The molecule has 1 aliphatic heterocycles. The first-order valence-electron chi connectivity index (χ1n) is 5.95. The lowest BCUT2D eigenvalue weighted by molar-refractivity contribution is 0.0497. The van der Waals surface area contributed by atoms with Gasteiger partial charge >= 0.3 is 0 Å². The van der Waals surface area contributed by atoms with E-state index in [-0.39, 0.29) is 5.56 Å². The van der Waals surface area contributed by atoms with Gasteiger partial charge in [-0.05, 0) is 37.0 Å². The fourth-order valence-electron chi connectivity index (χ4n) is 1.91. The number of hydrogen-bond donors (Lipinski definition) is 0. The van der Waals surface area contributed by atoms with Gasteiger partial charge in [-0.1, -0.05) is 15.9 Å². The highest BCUT2D eigenvalue weighted by Crippen LogP contribution is 2.31. The van der Waals surface area contributed by atoms with Crippen molar-refractivity contribution in [3.8, 4) is 5.75 Å². The van der Waals surface area contributed by atoms with Gasteiger partial charge in [-0.3, -0.25) is 0 Å². The summed E-state index contributed by atoms with van der Waals surface area (Å²) in [6.45, 7) is 2.08. The topological polar surface area (TPSA) is 18.5 Å². The van der Waals surface area contributed by atoms with Gasteiger partial charge in [-0.15, -0.1) is 0 Å². The third-order valence-electron chi connectivity index (χ3n) is 3.03. The largest absolute Gasteiger partial charge is 0.493 e. The zero-order chi connectivity index (χ0) is 13.0. The fourth-order valence-corrected chi connectivity index (χ4v) is 2.33. The van der Waals surface area contributed by atoms with Crippen LogP contribution in [0, 0.1) is 5.92 Å². The van der Waals surface area contributed by atoms with Crippen molar-refractivity contribution in [2.24, 2.45) is 5.92 Å². The average Bonchev–Trinajstić information content (AvgIpc) is 2.38. The summed E-state index contributed by atoms with van der Waals surface area (Å²) in [6, 6.07) is 4.70. The molecule has 0 aromatic heterocycles. The summed E-state index contributed by atoms with van der Waals surface area (Å²) in [6.07, 6.45) is -0.554. The first kappa shape index (κ1) is 13.7. The van der Waals surface area contributed by atoms with Crippen LogP contribution >= 0.6 is 15.9 Å². The number of benzene rings is 1. The van der Waals surface area contributed by atoms with Gasteiger partial charge in [0.25, 0.3) is 6.43 Å². The predicted octanol–water partition coefficient (Wildman–Crippen LogP) is 4.19. The van der Waals surface area contributed by atoms with Crippen LogP contribution < -0.4 is 4.74 Å². The maximum absolute atomic E-state index is 12.7. The Labute approximate surface area is 113 Å². The Morgan fingerprint density at radius 2 is 2.06 bits per heavy atom. The van der Waals surface area contributed by atoms with Gasteiger partial charge in [0.15, 0.2) is 0 Å². The highest BCUT2D eigenvalue weighted by Gasteiger charge is 2.16. The molecule has 0 N–H and O–H groups in total. The Hall–Kier alpha value is -0.680. The third-order valence-corrected chi connectivity index (χ3v) is 3.75. The van der Waals surface area contributed by atoms with Gasteiger partial charge in [0.1, 0.15) is 5.75 Å². The molecule has 1 aliphatic rings. The Morgan fingerprint density at radius 3 is 2.72 bits per heavy atom. The lowest BCUT2D eigenvalue weighted by Gasteiger charge is -2.22. The maximum atomic E-state index is 12.7. The van der Waals surface area contributed by atoms with Crippen molar-refractivity contribution in [3.05, 3.63) is 28.2 Å². The van der Waals surface area contributed by atoms with Crippen molar-refractivity contribution in [1.29, 1.82) is 0 Å². The molecule has 100 valence electrons. The zero-order valence-corrected chi connectivity index (χ0v) is 11.5. The van der Waals surface area contributed by atoms with E-state index in [1.807, 2.05) is 0 Å². The zero-order valence-electron chi connectivity index (χ0n) is 9.87. The van der Waals surface area contributed by atoms with Gasteiger partial charge in [0, 0.05) is 23.2 Å². The highest BCUT2D eigenvalue weighted by molar-refractivity contribution is 9.10. The summed E-state index contributed by atoms with van der Waals surface area (Å²) in [5, 5.41) is 0. The summed E-state index contributed by atoms with van der Waals surface area (Å²) in [5.41, 5.74) is -0.0283. The SMILES string of the molecule is FC(F)c1cc(OCC2CCOCC2)ccc1Br. The smallest absolute Gasteiger partial charge is 0.265 e. The van der Waals surface area contributed by atoms with Crippen molar-refractivity contribution in [3.63, 3.8) is 0 Å². The van der Waals surface area contributed by atoms with Crippen LogP contribution in [-0.2, 0) is 4.74 Å². The van der Waals surface area contributed by atoms with E-state index in [1.165, 1.54) is 6.07 Å². The van der Waals surface area contributed by atoms with Crippen LogP contribution in [0.4, 0.5) is 8.78 Å². The molecule has 1 fully saturated rings. The van der Waals surface area contributed by atoms with E-state index < -0.39 is 6.43 Å². The molecule has 2 rings (SSSR count). The molecule has 0 bridgehead atoms. The Bertz CT molecular complexity index is 393. The molecule has 0 saturated carbocycles. The molecule has 0 aliphatic carbocycles. The second-order valence-corrected chi connectivity index (χ2v) is 5.21. The first-order chi connectivity index (χ1) is 8.66. The van der Waals surface area contributed by atoms with Gasteiger partial charge in [0.05, 0.1) is 6.61 Å². The molecule has 1 heterocycles. The Morgan fingerprint density at radius 1 is 1.33 bits per heavy atom. The van der Waals surface area contributed by atoms with E-state index in [9.17, 15) is 8.78 Å². The van der Waals surface area contributed by atoms with Crippen LogP contribution in [0.15, 0.2) is 22.7 Å². The van der Waals surface area contributed by atoms with Crippen molar-refractivity contribution >= 4 is 15.9 Å². The lowest BCUT2D eigenvalue weighted by Crippen LogP contribution is -2.21. The molecule has 1 aromatic carbocycles. The number of ether oxygens (including phenoxy) is 2. The molecular weight excluding hydrogens is 306 g/mol. The highest BCUT2D eigenvalue weighted by atomic mass is 79.9. The molecule has 0 spiro atoms. The number of hydrogen-bond acceptors (Lipinski definition) is 2. The van der Waals surface area contributed by atoms with Gasteiger partial charge in [0.2, 0.25) is 0 Å². The standard InChI is InChI=1S/C13H15BrF2O2/c14-12-2-1-10(7-11(12)13(15)16)18-8-9-3-5-17-6-4-9/h1-2,7,9,13H,3-6,8H2. The molecule has 2 nitrogen and oxygen atoms in total. The van der Waals surface area contributed by atoms with Gasteiger partial charge in [-0.25, -0.2) is 8.78 Å². The maximum Gasteiger partial charge on any atom is 0.265 e. The number of rotatable bonds is 4. The van der Waals surface area contributed by atoms with Gasteiger partial charge in [-0.2, -0.15) is 0 Å². The first-order valence-corrected chi connectivity index (χ1v) is 6.74. The van der Waals surface area contributed by atoms with E-state index in [1.54, 1.807) is 12.1 Å². The monoisotopic (exact) mass is 320 g/mol. The molecule has 1 saturated heterocycles. The van der Waals surface area contributed by atoms with E-state index in [0.717, 1.165) is 26.1 Å². The van der Waals surface area contributed by atoms with Crippen molar-refractivity contribution in [2.75, 3.05) is 19.8 Å². The summed E-state index contributed by atoms with van der Waals surface area (Å²) < 4.78 is 36.7. The normalized spacial score (nSPS) is 17.1. The summed E-state index contributed by atoms with van der Waals surface area (Å²) in [7, 11) is 0. The number of halogens is 3. The van der Waals surface area contributed by atoms with Crippen LogP contribution in [0.2, 0.25) is 0 Å². The summed E-state index contributed by atoms with van der Waals surface area (Å²) >= 11 is 3.11. The van der Waals surface area contributed by atoms with Crippen molar-refractivity contribution < 1.29 is 18.3 Å². The minimum Gasteiger partial charge on any atom is -0.493 e. The minimum atomic E-state index is -2.49. The van der Waals surface area contributed by atoms with E-state index in [4.69, 9.17) is 9.47 Å². The van der Waals surface area contributed by atoms with Crippen LogP contribution in [0.1, 0.15) is 24.8 Å². The molecular formula is C13H15BrF2O2. The molecule has 0 unspecified atom stereocenters. The second-order valence-electron chi connectivity index (χ2n) is 4.35. The van der Waals surface area contributed by atoms with Crippen LogP contribution in [0.5, 0.6) is 5.75 Å². The van der Waals surface area contributed by atoms with Gasteiger partial charge < -0.3 is 9.47 Å². The molecule has 0 radical (unpaired) electrons. The Kier molecular flexibility index (Phi) is 4.95. The van der Waals surface area contributed by atoms with E-state index in [0.29, 0.717) is 22.7 Å². The molecule has 1 aromatic rings. The van der Waals surface area contributed by atoms with E-state index >= 15 is 0 Å². The molecule has 5 heteroatoms.